The van der Waals surface area contributed by atoms with E-state index in [4.69, 9.17) is 9.47 Å². The van der Waals surface area contributed by atoms with Gasteiger partial charge in [0.2, 0.25) is 0 Å². The number of methoxy groups -OCH3 is 1. The molecule has 2 atom stereocenters. The van der Waals surface area contributed by atoms with E-state index in [1.165, 1.54) is 7.11 Å². The lowest BCUT2D eigenvalue weighted by Crippen LogP contribution is -2.55. The number of carbonyl (C=O) groups is 1. The van der Waals surface area contributed by atoms with E-state index in [1.807, 2.05) is 20.8 Å². The highest BCUT2D eigenvalue weighted by Gasteiger charge is 2.37. The molecule has 1 N–H and O–H groups in total. The molecule has 0 aromatic carbocycles. The standard InChI is InChI=1S/C16H32N2O3/c1-6-17-16(4,15(19)20-5)12-13(3)18-10-8-14(9-11-18)21-7-2/h13-14,17H,6-12H2,1-5H3. The zero-order valence-electron chi connectivity index (χ0n) is 14.3. The van der Waals surface area contributed by atoms with Crippen molar-refractivity contribution in [3.63, 3.8) is 0 Å². The fourth-order valence-electron chi connectivity index (χ4n) is 3.28. The number of likely N-dealkylation sites (tertiary alicyclic amines) is 1. The lowest BCUT2D eigenvalue weighted by molar-refractivity contribution is -0.149. The summed E-state index contributed by atoms with van der Waals surface area (Å²) < 4.78 is 10.7. The van der Waals surface area contributed by atoms with Crippen LogP contribution in [0.3, 0.4) is 0 Å². The minimum Gasteiger partial charge on any atom is -0.468 e. The zero-order chi connectivity index (χ0) is 15.9. The van der Waals surface area contributed by atoms with E-state index < -0.39 is 5.54 Å². The van der Waals surface area contributed by atoms with Crippen molar-refractivity contribution in [2.75, 3.05) is 33.4 Å². The molecule has 2 unspecified atom stereocenters. The normalized spacial score (nSPS) is 21.8. The summed E-state index contributed by atoms with van der Waals surface area (Å²) in [4.78, 5) is 14.5. The van der Waals surface area contributed by atoms with Gasteiger partial charge >= 0.3 is 5.97 Å². The van der Waals surface area contributed by atoms with E-state index in [1.54, 1.807) is 0 Å². The molecule has 0 amide bonds. The molecule has 124 valence electrons. The Morgan fingerprint density at radius 3 is 2.48 bits per heavy atom. The number of carbonyl (C=O) groups excluding carboxylic acids is 1. The fourth-order valence-corrected chi connectivity index (χ4v) is 3.28. The van der Waals surface area contributed by atoms with Crippen LogP contribution in [0.15, 0.2) is 0 Å². The lowest BCUT2D eigenvalue weighted by Gasteiger charge is -2.39. The van der Waals surface area contributed by atoms with Crippen molar-refractivity contribution >= 4 is 5.97 Å². The first kappa shape index (κ1) is 18.4. The average molecular weight is 300 g/mol. The van der Waals surface area contributed by atoms with Crippen LogP contribution in [0, 0.1) is 0 Å². The number of ether oxygens (including phenoxy) is 2. The molecule has 0 spiro atoms. The van der Waals surface area contributed by atoms with Gasteiger partial charge in [0, 0.05) is 25.7 Å². The molecular formula is C16H32N2O3. The van der Waals surface area contributed by atoms with Gasteiger partial charge in [0.1, 0.15) is 5.54 Å². The molecule has 0 radical (unpaired) electrons. The molecule has 0 bridgehead atoms. The second kappa shape index (κ2) is 8.71. The van der Waals surface area contributed by atoms with Gasteiger partial charge in [0.25, 0.3) is 0 Å². The van der Waals surface area contributed by atoms with E-state index >= 15 is 0 Å². The summed E-state index contributed by atoms with van der Waals surface area (Å²) in [6.45, 7) is 11.8. The summed E-state index contributed by atoms with van der Waals surface area (Å²) in [5.74, 6) is -0.180. The number of nitrogens with one attached hydrogen (secondary N) is 1. The number of esters is 1. The molecule has 0 aromatic rings. The van der Waals surface area contributed by atoms with E-state index in [-0.39, 0.29) is 5.97 Å². The summed E-state index contributed by atoms with van der Waals surface area (Å²) in [5, 5.41) is 3.28. The minimum atomic E-state index is -0.611. The van der Waals surface area contributed by atoms with Crippen LogP contribution >= 0.6 is 0 Å². The Hall–Kier alpha value is -0.650. The number of hydrogen-bond donors (Lipinski definition) is 1. The van der Waals surface area contributed by atoms with Gasteiger partial charge in [-0.05, 0) is 46.6 Å². The molecule has 5 heteroatoms. The molecule has 1 aliphatic heterocycles. The van der Waals surface area contributed by atoms with Gasteiger partial charge in [-0.1, -0.05) is 6.92 Å². The number of piperidine rings is 1. The summed E-state index contributed by atoms with van der Waals surface area (Å²) in [6, 6.07) is 0.343. The monoisotopic (exact) mass is 300 g/mol. The lowest BCUT2D eigenvalue weighted by atomic mass is 9.91. The fraction of sp³-hybridized carbons (Fsp3) is 0.938. The molecule has 0 aromatic heterocycles. The molecular weight excluding hydrogens is 268 g/mol. The maximum Gasteiger partial charge on any atom is 0.325 e. The molecule has 1 saturated heterocycles. The molecule has 1 rings (SSSR count). The molecule has 1 aliphatic rings. The number of nitrogens with zero attached hydrogens (tertiary/aromatic N) is 1. The van der Waals surface area contributed by atoms with Crippen molar-refractivity contribution < 1.29 is 14.3 Å². The van der Waals surface area contributed by atoms with Crippen LogP contribution in [0.4, 0.5) is 0 Å². The van der Waals surface area contributed by atoms with Gasteiger partial charge in [0.05, 0.1) is 13.2 Å². The summed E-state index contributed by atoms with van der Waals surface area (Å²) in [7, 11) is 1.45. The average Bonchev–Trinajstić information content (AvgIpc) is 2.47. The first-order chi connectivity index (χ1) is 9.96. The number of likely N-dealkylation sites (N-methyl/N-ethyl adjacent to an activating group) is 1. The van der Waals surface area contributed by atoms with Gasteiger partial charge in [-0.3, -0.25) is 4.79 Å². The van der Waals surface area contributed by atoms with Crippen LogP contribution in [0.5, 0.6) is 0 Å². The molecule has 5 nitrogen and oxygen atoms in total. The third kappa shape index (κ3) is 5.24. The van der Waals surface area contributed by atoms with Crippen molar-refractivity contribution in [1.29, 1.82) is 0 Å². The van der Waals surface area contributed by atoms with Crippen LogP contribution in [0.25, 0.3) is 0 Å². The van der Waals surface area contributed by atoms with Crippen molar-refractivity contribution in [3.8, 4) is 0 Å². The van der Waals surface area contributed by atoms with Crippen LogP contribution in [0.2, 0.25) is 0 Å². The maximum atomic E-state index is 12.1. The quantitative estimate of drug-likeness (QED) is 0.693. The Balaban J connectivity index is 2.54. The molecule has 21 heavy (non-hydrogen) atoms. The second-order valence-electron chi connectivity index (χ2n) is 6.10. The first-order valence-electron chi connectivity index (χ1n) is 8.15. The molecule has 1 fully saturated rings. The van der Waals surface area contributed by atoms with Gasteiger partial charge < -0.3 is 19.7 Å². The Morgan fingerprint density at radius 2 is 2.00 bits per heavy atom. The van der Waals surface area contributed by atoms with E-state index in [0.717, 1.165) is 45.5 Å². The second-order valence-corrected chi connectivity index (χ2v) is 6.10. The van der Waals surface area contributed by atoms with E-state index in [0.29, 0.717) is 12.1 Å². The molecule has 0 aliphatic carbocycles. The highest BCUT2D eigenvalue weighted by Crippen LogP contribution is 2.22. The highest BCUT2D eigenvalue weighted by molar-refractivity contribution is 5.80. The van der Waals surface area contributed by atoms with Crippen LogP contribution in [-0.2, 0) is 14.3 Å². The Kier molecular flexibility index (Phi) is 7.63. The van der Waals surface area contributed by atoms with E-state index in [9.17, 15) is 4.79 Å². The van der Waals surface area contributed by atoms with Crippen molar-refractivity contribution in [1.82, 2.24) is 10.2 Å². The van der Waals surface area contributed by atoms with Crippen LogP contribution in [-0.4, -0.2) is 61.9 Å². The van der Waals surface area contributed by atoms with E-state index in [2.05, 4.69) is 17.1 Å². The predicted molar refractivity (Wildman–Crippen MR) is 84.4 cm³/mol. The smallest absolute Gasteiger partial charge is 0.325 e. The van der Waals surface area contributed by atoms with Crippen LogP contribution in [0.1, 0.15) is 47.0 Å². The van der Waals surface area contributed by atoms with Gasteiger partial charge in [-0.15, -0.1) is 0 Å². The van der Waals surface area contributed by atoms with Crippen molar-refractivity contribution in [2.24, 2.45) is 0 Å². The van der Waals surface area contributed by atoms with Gasteiger partial charge in [-0.25, -0.2) is 0 Å². The maximum absolute atomic E-state index is 12.1. The first-order valence-corrected chi connectivity index (χ1v) is 8.15. The minimum absolute atomic E-state index is 0.180. The Bertz CT molecular complexity index is 317. The number of hydrogen-bond acceptors (Lipinski definition) is 5. The zero-order valence-corrected chi connectivity index (χ0v) is 14.3. The summed E-state index contributed by atoms with van der Waals surface area (Å²) in [5.41, 5.74) is -0.611. The Labute approximate surface area is 129 Å². The summed E-state index contributed by atoms with van der Waals surface area (Å²) >= 11 is 0. The van der Waals surface area contributed by atoms with Gasteiger partial charge in [-0.2, -0.15) is 0 Å². The largest absolute Gasteiger partial charge is 0.468 e. The topological polar surface area (TPSA) is 50.8 Å². The Morgan fingerprint density at radius 1 is 1.38 bits per heavy atom. The van der Waals surface area contributed by atoms with Gasteiger partial charge in [0.15, 0.2) is 0 Å². The van der Waals surface area contributed by atoms with Crippen molar-refractivity contribution in [3.05, 3.63) is 0 Å². The highest BCUT2D eigenvalue weighted by atomic mass is 16.5. The molecule has 0 saturated carbocycles. The van der Waals surface area contributed by atoms with Crippen LogP contribution < -0.4 is 5.32 Å². The number of rotatable bonds is 8. The predicted octanol–water partition coefficient (Wildman–Crippen LogP) is 1.81. The van der Waals surface area contributed by atoms with Crippen molar-refractivity contribution in [2.45, 2.75) is 64.6 Å². The third-order valence-electron chi connectivity index (χ3n) is 4.41. The third-order valence-corrected chi connectivity index (χ3v) is 4.41. The SMILES string of the molecule is CCNC(C)(CC(C)N1CCC(OCC)CC1)C(=O)OC. The molecule has 1 heterocycles. The summed E-state index contributed by atoms with van der Waals surface area (Å²) in [6.07, 6.45) is 3.31.